The predicted octanol–water partition coefficient (Wildman–Crippen LogP) is 3.01. The molecular weight excluding hydrogens is 298 g/mol. The van der Waals surface area contributed by atoms with Crippen molar-refractivity contribution in [3.8, 4) is 0 Å². The van der Waals surface area contributed by atoms with E-state index in [2.05, 4.69) is 34.6 Å². The summed E-state index contributed by atoms with van der Waals surface area (Å²) in [5.41, 5.74) is 9.08. The number of hydrogen-bond acceptors (Lipinski definition) is 2. The summed E-state index contributed by atoms with van der Waals surface area (Å²) < 4.78 is 0. The summed E-state index contributed by atoms with van der Waals surface area (Å²) in [6.45, 7) is 2.75. The van der Waals surface area contributed by atoms with Crippen molar-refractivity contribution in [2.45, 2.75) is 12.8 Å². The highest BCUT2D eigenvalue weighted by atomic mass is 16.1. The number of aromatic amines is 1. The summed E-state index contributed by atoms with van der Waals surface area (Å²) in [5, 5.41) is 4.24. The molecule has 2 atom stereocenters. The Labute approximate surface area is 142 Å². The van der Waals surface area contributed by atoms with Crippen LogP contribution in [0.15, 0.2) is 60.8 Å². The SMILES string of the molecule is CC(CN)C(=O)NCC(c1ccccc1)c1c[nH]c2ccccc12. The number of nitrogens with two attached hydrogens (primary N) is 1. The molecule has 1 aromatic heterocycles. The Bertz CT molecular complexity index is 810. The first kappa shape index (κ1) is 16.3. The van der Waals surface area contributed by atoms with Crippen LogP contribution in [0.2, 0.25) is 0 Å². The quantitative estimate of drug-likeness (QED) is 0.653. The zero-order valence-electron chi connectivity index (χ0n) is 13.8. The van der Waals surface area contributed by atoms with Gasteiger partial charge in [0.2, 0.25) is 5.91 Å². The maximum Gasteiger partial charge on any atom is 0.224 e. The second-order valence-electron chi connectivity index (χ2n) is 6.13. The van der Waals surface area contributed by atoms with Gasteiger partial charge in [-0.2, -0.15) is 0 Å². The molecule has 4 nitrogen and oxygen atoms in total. The van der Waals surface area contributed by atoms with Crippen LogP contribution in [0.1, 0.15) is 24.0 Å². The van der Waals surface area contributed by atoms with Gasteiger partial charge in [-0.1, -0.05) is 55.5 Å². The average Bonchev–Trinajstić information content (AvgIpc) is 3.06. The van der Waals surface area contributed by atoms with E-state index in [1.54, 1.807) is 0 Å². The van der Waals surface area contributed by atoms with Gasteiger partial charge < -0.3 is 16.0 Å². The van der Waals surface area contributed by atoms with Crippen molar-refractivity contribution >= 4 is 16.8 Å². The number of nitrogens with one attached hydrogen (secondary N) is 2. The molecule has 124 valence electrons. The largest absolute Gasteiger partial charge is 0.361 e. The van der Waals surface area contributed by atoms with Gasteiger partial charge >= 0.3 is 0 Å². The molecule has 3 aromatic rings. The van der Waals surface area contributed by atoms with Crippen molar-refractivity contribution in [1.82, 2.24) is 10.3 Å². The Kier molecular flexibility index (Phi) is 4.96. The molecule has 0 aliphatic rings. The number of fused-ring (bicyclic) bond motifs is 1. The van der Waals surface area contributed by atoms with Crippen LogP contribution in [0.25, 0.3) is 10.9 Å². The molecule has 2 unspecified atom stereocenters. The van der Waals surface area contributed by atoms with Crippen molar-refractivity contribution in [2.24, 2.45) is 11.7 Å². The van der Waals surface area contributed by atoms with Crippen LogP contribution in [-0.4, -0.2) is 24.0 Å². The first-order valence-corrected chi connectivity index (χ1v) is 8.29. The molecule has 0 aliphatic heterocycles. The number of para-hydroxylation sites is 1. The second-order valence-corrected chi connectivity index (χ2v) is 6.13. The minimum Gasteiger partial charge on any atom is -0.361 e. The molecule has 4 N–H and O–H groups in total. The summed E-state index contributed by atoms with van der Waals surface area (Å²) in [7, 11) is 0. The molecule has 0 spiro atoms. The highest BCUT2D eigenvalue weighted by Crippen LogP contribution is 2.30. The van der Waals surface area contributed by atoms with Crippen molar-refractivity contribution < 1.29 is 4.79 Å². The Hall–Kier alpha value is -2.59. The van der Waals surface area contributed by atoms with Crippen molar-refractivity contribution in [2.75, 3.05) is 13.1 Å². The van der Waals surface area contributed by atoms with E-state index in [9.17, 15) is 4.79 Å². The molecular formula is C20H23N3O. The molecule has 0 radical (unpaired) electrons. The molecule has 1 heterocycles. The highest BCUT2D eigenvalue weighted by molar-refractivity contribution is 5.84. The van der Waals surface area contributed by atoms with Crippen molar-refractivity contribution in [3.05, 3.63) is 71.9 Å². The molecule has 0 saturated carbocycles. The Balaban J connectivity index is 1.92. The number of rotatable bonds is 6. The normalized spacial score (nSPS) is 13.6. The van der Waals surface area contributed by atoms with E-state index in [0.717, 1.165) is 5.52 Å². The van der Waals surface area contributed by atoms with E-state index in [1.807, 2.05) is 43.5 Å². The van der Waals surface area contributed by atoms with Crippen LogP contribution >= 0.6 is 0 Å². The van der Waals surface area contributed by atoms with Gasteiger partial charge in [-0.15, -0.1) is 0 Å². The standard InChI is InChI=1S/C20H23N3O/c1-14(11-21)20(24)23-12-17(15-7-3-2-4-8-15)18-13-22-19-10-6-5-9-16(18)19/h2-10,13-14,17,22H,11-12,21H2,1H3,(H,23,24). The van der Waals surface area contributed by atoms with Gasteiger partial charge in [0, 0.05) is 42.0 Å². The van der Waals surface area contributed by atoms with Crippen LogP contribution in [0, 0.1) is 5.92 Å². The van der Waals surface area contributed by atoms with Gasteiger partial charge in [0.15, 0.2) is 0 Å². The molecule has 0 saturated heterocycles. The zero-order valence-corrected chi connectivity index (χ0v) is 13.8. The van der Waals surface area contributed by atoms with Crippen LogP contribution in [0.4, 0.5) is 0 Å². The summed E-state index contributed by atoms with van der Waals surface area (Å²) in [6.07, 6.45) is 2.04. The lowest BCUT2D eigenvalue weighted by Gasteiger charge is -2.19. The van der Waals surface area contributed by atoms with Gasteiger partial charge in [0.05, 0.1) is 0 Å². The highest BCUT2D eigenvalue weighted by Gasteiger charge is 2.20. The molecule has 0 fully saturated rings. The molecule has 0 bridgehead atoms. The van der Waals surface area contributed by atoms with E-state index in [0.29, 0.717) is 13.1 Å². The summed E-state index contributed by atoms with van der Waals surface area (Å²) in [5.74, 6) is -0.0843. The predicted molar refractivity (Wildman–Crippen MR) is 97.8 cm³/mol. The van der Waals surface area contributed by atoms with E-state index >= 15 is 0 Å². The molecule has 3 rings (SSSR count). The Morgan fingerprint density at radius 1 is 1.12 bits per heavy atom. The molecule has 2 aromatic carbocycles. The van der Waals surface area contributed by atoms with Gasteiger partial charge in [-0.25, -0.2) is 0 Å². The maximum atomic E-state index is 12.1. The minimum absolute atomic E-state index is 0.00160. The van der Waals surface area contributed by atoms with Gasteiger partial charge in [-0.05, 0) is 17.2 Å². The number of amides is 1. The number of hydrogen-bond donors (Lipinski definition) is 3. The van der Waals surface area contributed by atoms with Crippen molar-refractivity contribution in [1.29, 1.82) is 0 Å². The maximum absolute atomic E-state index is 12.1. The van der Waals surface area contributed by atoms with Gasteiger partial charge in [0.1, 0.15) is 0 Å². The third kappa shape index (κ3) is 3.34. The summed E-state index contributed by atoms with van der Waals surface area (Å²) in [4.78, 5) is 15.5. The third-order valence-corrected chi connectivity index (χ3v) is 4.48. The number of H-pyrrole nitrogens is 1. The monoisotopic (exact) mass is 321 g/mol. The summed E-state index contributed by atoms with van der Waals surface area (Å²) >= 11 is 0. The number of carbonyl (C=O) groups is 1. The number of benzene rings is 2. The Morgan fingerprint density at radius 3 is 2.58 bits per heavy atom. The van der Waals surface area contributed by atoms with E-state index in [1.165, 1.54) is 16.5 Å². The number of carbonyl (C=O) groups excluding carboxylic acids is 1. The van der Waals surface area contributed by atoms with E-state index in [-0.39, 0.29) is 17.7 Å². The van der Waals surface area contributed by atoms with Gasteiger partial charge in [-0.3, -0.25) is 4.79 Å². The fourth-order valence-electron chi connectivity index (χ4n) is 2.96. The second kappa shape index (κ2) is 7.32. The molecule has 4 heteroatoms. The number of aromatic nitrogens is 1. The fraction of sp³-hybridized carbons (Fsp3) is 0.250. The molecule has 1 amide bonds. The third-order valence-electron chi connectivity index (χ3n) is 4.48. The Morgan fingerprint density at radius 2 is 1.83 bits per heavy atom. The van der Waals surface area contributed by atoms with E-state index < -0.39 is 0 Å². The zero-order chi connectivity index (χ0) is 16.9. The minimum atomic E-state index is -0.176. The molecule has 0 aliphatic carbocycles. The first-order valence-electron chi connectivity index (χ1n) is 8.29. The average molecular weight is 321 g/mol. The molecule has 24 heavy (non-hydrogen) atoms. The topological polar surface area (TPSA) is 70.9 Å². The summed E-state index contributed by atoms with van der Waals surface area (Å²) in [6, 6.07) is 18.5. The van der Waals surface area contributed by atoms with E-state index in [4.69, 9.17) is 5.73 Å². The van der Waals surface area contributed by atoms with Crippen molar-refractivity contribution in [3.63, 3.8) is 0 Å². The van der Waals surface area contributed by atoms with Crippen LogP contribution < -0.4 is 11.1 Å². The van der Waals surface area contributed by atoms with Crippen LogP contribution in [0.5, 0.6) is 0 Å². The van der Waals surface area contributed by atoms with Gasteiger partial charge in [0.25, 0.3) is 0 Å². The lowest BCUT2D eigenvalue weighted by Crippen LogP contribution is -2.36. The first-order chi connectivity index (χ1) is 11.7. The van der Waals surface area contributed by atoms with Crippen LogP contribution in [0.3, 0.4) is 0 Å². The lowest BCUT2D eigenvalue weighted by molar-refractivity contribution is -0.124. The smallest absolute Gasteiger partial charge is 0.224 e. The van der Waals surface area contributed by atoms with Crippen LogP contribution in [-0.2, 0) is 4.79 Å². The lowest BCUT2D eigenvalue weighted by atomic mass is 9.90. The fourth-order valence-corrected chi connectivity index (χ4v) is 2.96.